The lowest BCUT2D eigenvalue weighted by atomic mass is 10.1. The highest BCUT2D eigenvalue weighted by atomic mass is 16.5. The largest absolute Gasteiger partial charge is 0.494 e. The Morgan fingerprint density at radius 3 is 2.75 bits per heavy atom. The molecule has 0 aliphatic rings. The maximum Gasteiger partial charge on any atom is 0.133 e. The molecular formula is C14H20O2. The molecule has 0 aromatic heterocycles. The van der Waals surface area contributed by atoms with Gasteiger partial charge in [0.05, 0.1) is 6.61 Å². The molecule has 16 heavy (non-hydrogen) atoms. The number of carbonyl (C=O) groups excluding carboxylic acids is 1. The van der Waals surface area contributed by atoms with E-state index in [0.29, 0.717) is 25.2 Å². The zero-order valence-electron chi connectivity index (χ0n) is 10.2. The third-order valence-electron chi connectivity index (χ3n) is 2.43. The normalized spacial score (nSPS) is 10.1. The van der Waals surface area contributed by atoms with Crippen LogP contribution < -0.4 is 4.74 Å². The van der Waals surface area contributed by atoms with Gasteiger partial charge in [0.1, 0.15) is 11.5 Å². The molecule has 2 heteroatoms. The molecule has 88 valence electrons. The van der Waals surface area contributed by atoms with E-state index in [-0.39, 0.29) is 0 Å². The Morgan fingerprint density at radius 2 is 2.06 bits per heavy atom. The number of hydrogen-bond acceptors (Lipinski definition) is 2. The molecule has 0 radical (unpaired) electrons. The van der Waals surface area contributed by atoms with Crippen molar-refractivity contribution in [3.05, 3.63) is 29.8 Å². The Balaban J connectivity index is 2.47. The van der Waals surface area contributed by atoms with Gasteiger partial charge >= 0.3 is 0 Å². The molecule has 2 nitrogen and oxygen atoms in total. The van der Waals surface area contributed by atoms with Crippen molar-refractivity contribution in [3.8, 4) is 5.75 Å². The molecule has 0 aliphatic heterocycles. The average Bonchev–Trinajstić information content (AvgIpc) is 2.28. The van der Waals surface area contributed by atoms with E-state index >= 15 is 0 Å². The first-order valence-electron chi connectivity index (χ1n) is 5.99. The van der Waals surface area contributed by atoms with Crippen LogP contribution in [-0.2, 0) is 11.2 Å². The summed E-state index contributed by atoms with van der Waals surface area (Å²) in [5, 5.41) is 0. The molecule has 0 saturated heterocycles. The van der Waals surface area contributed by atoms with Crippen molar-refractivity contribution in [2.45, 2.75) is 39.5 Å². The molecule has 0 spiro atoms. The maximum absolute atomic E-state index is 11.4. The second-order valence-electron chi connectivity index (χ2n) is 3.87. The van der Waals surface area contributed by atoms with Gasteiger partial charge in [-0.25, -0.2) is 0 Å². The van der Waals surface area contributed by atoms with Crippen LogP contribution in [0.3, 0.4) is 0 Å². The van der Waals surface area contributed by atoms with E-state index in [0.717, 1.165) is 18.6 Å². The lowest BCUT2D eigenvalue weighted by molar-refractivity contribution is -0.119. The fourth-order valence-corrected chi connectivity index (χ4v) is 1.65. The van der Waals surface area contributed by atoms with Crippen LogP contribution in [0, 0.1) is 0 Å². The summed E-state index contributed by atoms with van der Waals surface area (Å²) in [6.45, 7) is 4.68. The highest BCUT2D eigenvalue weighted by Crippen LogP contribution is 2.15. The van der Waals surface area contributed by atoms with Crippen molar-refractivity contribution in [3.63, 3.8) is 0 Å². The molecule has 0 saturated carbocycles. The van der Waals surface area contributed by atoms with Crippen LogP contribution in [0.25, 0.3) is 0 Å². The van der Waals surface area contributed by atoms with Gasteiger partial charge in [-0.15, -0.1) is 0 Å². The number of benzene rings is 1. The van der Waals surface area contributed by atoms with Gasteiger partial charge in [0.2, 0.25) is 0 Å². The molecule has 1 aromatic carbocycles. The van der Waals surface area contributed by atoms with Gasteiger partial charge < -0.3 is 4.74 Å². The van der Waals surface area contributed by atoms with E-state index in [9.17, 15) is 4.79 Å². The van der Waals surface area contributed by atoms with Gasteiger partial charge in [-0.05, 0) is 37.5 Å². The van der Waals surface area contributed by atoms with Crippen LogP contribution in [0.1, 0.15) is 38.7 Å². The molecule has 0 N–H and O–H groups in total. The number of aryl methyl sites for hydroxylation is 1. The van der Waals surface area contributed by atoms with Gasteiger partial charge in [-0.3, -0.25) is 4.79 Å². The van der Waals surface area contributed by atoms with Crippen molar-refractivity contribution in [1.82, 2.24) is 0 Å². The third-order valence-corrected chi connectivity index (χ3v) is 2.43. The van der Waals surface area contributed by atoms with Crippen LogP contribution in [0.2, 0.25) is 0 Å². The Hall–Kier alpha value is -1.31. The lowest BCUT2D eigenvalue weighted by Crippen LogP contribution is -1.99. The predicted molar refractivity (Wildman–Crippen MR) is 65.8 cm³/mol. The van der Waals surface area contributed by atoms with Crippen LogP contribution >= 0.6 is 0 Å². The summed E-state index contributed by atoms with van der Waals surface area (Å²) in [5.41, 5.74) is 1.18. The van der Waals surface area contributed by atoms with Gasteiger partial charge in [0, 0.05) is 12.8 Å². The average molecular weight is 220 g/mol. The minimum Gasteiger partial charge on any atom is -0.494 e. The topological polar surface area (TPSA) is 26.3 Å². The summed E-state index contributed by atoms with van der Waals surface area (Å²) >= 11 is 0. The molecular weight excluding hydrogens is 200 g/mol. The summed E-state index contributed by atoms with van der Waals surface area (Å²) < 4.78 is 5.42. The van der Waals surface area contributed by atoms with Gasteiger partial charge in [-0.2, -0.15) is 0 Å². The van der Waals surface area contributed by atoms with E-state index in [2.05, 4.69) is 0 Å². The monoisotopic (exact) mass is 220 g/mol. The van der Waals surface area contributed by atoms with E-state index < -0.39 is 0 Å². The summed E-state index contributed by atoms with van der Waals surface area (Å²) in [6.07, 6.45) is 3.10. The van der Waals surface area contributed by atoms with Gasteiger partial charge in [0.25, 0.3) is 0 Å². The van der Waals surface area contributed by atoms with E-state index in [1.807, 2.05) is 38.1 Å². The highest BCUT2D eigenvalue weighted by molar-refractivity contribution is 5.78. The Labute approximate surface area is 97.6 Å². The number of rotatable bonds is 7. The summed E-state index contributed by atoms with van der Waals surface area (Å²) in [4.78, 5) is 11.4. The Kier molecular flexibility index (Phi) is 5.62. The molecule has 0 atom stereocenters. The highest BCUT2D eigenvalue weighted by Gasteiger charge is 2.02. The summed E-state index contributed by atoms with van der Waals surface area (Å²) in [6, 6.07) is 7.98. The second-order valence-corrected chi connectivity index (χ2v) is 3.87. The first-order chi connectivity index (χ1) is 7.76. The lowest BCUT2D eigenvalue weighted by Gasteiger charge is -2.05. The van der Waals surface area contributed by atoms with E-state index in [1.54, 1.807) is 0 Å². The molecule has 1 rings (SSSR count). The molecule has 0 unspecified atom stereocenters. The zero-order valence-corrected chi connectivity index (χ0v) is 10.2. The van der Waals surface area contributed by atoms with Crippen LogP contribution in [0.15, 0.2) is 24.3 Å². The standard InChI is InChI=1S/C14H20O2/c1-3-6-13(15)10-9-12-7-5-8-14(11-12)16-4-2/h5,7-8,11H,3-4,6,9-10H2,1-2H3. The smallest absolute Gasteiger partial charge is 0.133 e. The van der Waals surface area contributed by atoms with E-state index in [4.69, 9.17) is 4.74 Å². The van der Waals surface area contributed by atoms with Crippen molar-refractivity contribution in [2.75, 3.05) is 6.61 Å². The third kappa shape index (κ3) is 4.47. The fourth-order valence-electron chi connectivity index (χ4n) is 1.65. The van der Waals surface area contributed by atoms with Gasteiger partial charge in [-0.1, -0.05) is 19.1 Å². The minimum absolute atomic E-state index is 0.351. The molecule has 0 amide bonds. The maximum atomic E-state index is 11.4. The number of ether oxygens (including phenoxy) is 1. The molecule has 0 heterocycles. The van der Waals surface area contributed by atoms with Crippen LogP contribution in [0.4, 0.5) is 0 Å². The van der Waals surface area contributed by atoms with Crippen LogP contribution in [-0.4, -0.2) is 12.4 Å². The summed E-state index contributed by atoms with van der Waals surface area (Å²) in [5.74, 6) is 1.24. The Morgan fingerprint density at radius 1 is 1.25 bits per heavy atom. The number of carbonyl (C=O) groups is 1. The molecule has 0 bridgehead atoms. The predicted octanol–water partition coefficient (Wildman–Crippen LogP) is 3.39. The van der Waals surface area contributed by atoms with Gasteiger partial charge in [0.15, 0.2) is 0 Å². The first-order valence-corrected chi connectivity index (χ1v) is 5.99. The zero-order chi connectivity index (χ0) is 11.8. The fraction of sp³-hybridized carbons (Fsp3) is 0.500. The molecule has 1 aromatic rings. The van der Waals surface area contributed by atoms with Crippen molar-refractivity contribution in [2.24, 2.45) is 0 Å². The quantitative estimate of drug-likeness (QED) is 0.704. The van der Waals surface area contributed by atoms with Crippen molar-refractivity contribution >= 4 is 5.78 Å². The minimum atomic E-state index is 0.351. The number of hydrogen-bond donors (Lipinski definition) is 0. The Bertz CT molecular complexity index is 331. The van der Waals surface area contributed by atoms with Crippen molar-refractivity contribution in [1.29, 1.82) is 0 Å². The second kappa shape index (κ2) is 7.04. The number of Topliss-reactive ketones (excluding diaryl/α,β-unsaturated/α-hetero) is 1. The SMILES string of the molecule is CCCC(=O)CCc1cccc(OCC)c1. The van der Waals surface area contributed by atoms with E-state index in [1.165, 1.54) is 5.56 Å². The summed E-state index contributed by atoms with van der Waals surface area (Å²) in [7, 11) is 0. The number of ketones is 1. The van der Waals surface area contributed by atoms with Crippen LogP contribution in [0.5, 0.6) is 5.75 Å². The van der Waals surface area contributed by atoms with Crippen molar-refractivity contribution < 1.29 is 9.53 Å². The molecule has 0 fully saturated rings. The first kappa shape index (κ1) is 12.8. The molecule has 0 aliphatic carbocycles.